The molecule has 4 heteroatoms. The van der Waals surface area contributed by atoms with E-state index in [1.165, 1.54) is 0 Å². The molecule has 0 radical (unpaired) electrons. The first-order valence-electron chi connectivity index (χ1n) is 5.06. The number of ketones is 1. The van der Waals surface area contributed by atoms with Crippen molar-refractivity contribution in [3.8, 4) is 5.75 Å². The van der Waals surface area contributed by atoms with Crippen molar-refractivity contribution < 1.29 is 9.53 Å². The molecule has 1 aromatic carbocycles. The van der Waals surface area contributed by atoms with Gasteiger partial charge in [0, 0.05) is 5.56 Å². The standard InChI is InChI=1S/C12H12Br2O2/c1-7-5-8-6-9(16-2)3-4-10(8)11(15)12(7,13)14/h3-4,6-7H,5H2,1-2H3. The number of fused-ring (bicyclic) bond motifs is 1. The van der Waals surface area contributed by atoms with E-state index in [1.54, 1.807) is 7.11 Å². The molecule has 0 aliphatic heterocycles. The number of ether oxygens (including phenoxy) is 1. The van der Waals surface area contributed by atoms with Gasteiger partial charge in [-0.05, 0) is 36.1 Å². The highest BCUT2D eigenvalue weighted by molar-refractivity contribution is 9.26. The van der Waals surface area contributed by atoms with Gasteiger partial charge in [0.15, 0.2) is 5.78 Å². The van der Waals surface area contributed by atoms with Gasteiger partial charge in [0.1, 0.15) is 8.98 Å². The minimum Gasteiger partial charge on any atom is -0.497 e. The van der Waals surface area contributed by atoms with Crippen LogP contribution in [0, 0.1) is 5.92 Å². The van der Waals surface area contributed by atoms with Gasteiger partial charge in [-0.15, -0.1) is 0 Å². The zero-order valence-electron chi connectivity index (χ0n) is 9.09. The van der Waals surface area contributed by atoms with Crippen LogP contribution >= 0.6 is 31.9 Å². The maximum Gasteiger partial charge on any atom is 0.190 e. The molecule has 1 aliphatic rings. The van der Waals surface area contributed by atoms with Gasteiger partial charge in [0.05, 0.1) is 7.11 Å². The van der Waals surface area contributed by atoms with E-state index in [4.69, 9.17) is 4.74 Å². The number of rotatable bonds is 1. The number of alkyl halides is 2. The van der Waals surface area contributed by atoms with Gasteiger partial charge in [-0.2, -0.15) is 0 Å². The van der Waals surface area contributed by atoms with Crippen LogP contribution in [0.2, 0.25) is 0 Å². The average Bonchev–Trinajstić information content (AvgIpc) is 2.26. The summed E-state index contributed by atoms with van der Waals surface area (Å²) in [5, 5.41) is 0. The summed E-state index contributed by atoms with van der Waals surface area (Å²) in [6, 6.07) is 5.60. The molecular formula is C12H12Br2O2. The van der Waals surface area contributed by atoms with Gasteiger partial charge < -0.3 is 4.74 Å². The van der Waals surface area contributed by atoms with Crippen molar-refractivity contribution in [1.29, 1.82) is 0 Å². The van der Waals surface area contributed by atoms with E-state index in [-0.39, 0.29) is 11.7 Å². The molecule has 1 atom stereocenters. The molecule has 0 heterocycles. The minimum absolute atomic E-state index is 0.0869. The second kappa shape index (κ2) is 4.15. The lowest BCUT2D eigenvalue weighted by Gasteiger charge is -2.32. The van der Waals surface area contributed by atoms with E-state index < -0.39 is 3.23 Å². The van der Waals surface area contributed by atoms with Crippen LogP contribution in [0.5, 0.6) is 5.75 Å². The molecule has 0 saturated carbocycles. The van der Waals surface area contributed by atoms with Crippen molar-refractivity contribution in [3.63, 3.8) is 0 Å². The predicted molar refractivity (Wildman–Crippen MR) is 70.8 cm³/mol. The molecule has 0 N–H and O–H groups in total. The summed E-state index contributed by atoms with van der Waals surface area (Å²) in [6.07, 6.45) is 0.856. The Bertz CT molecular complexity index is 441. The lowest BCUT2D eigenvalue weighted by molar-refractivity contribution is 0.0953. The van der Waals surface area contributed by atoms with Crippen molar-refractivity contribution in [2.24, 2.45) is 5.92 Å². The van der Waals surface area contributed by atoms with Gasteiger partial charge in [0.25, 0.3) is 0 Å². The van der Waals surface area contributed by atoms with Crippen LogP contribution in [-0.2, 0) is 6.42 Å². The maximum atomic E-state index is 12.2. The van der Waals surface area contributed by atoms with Crippen molar-refractivity contribution in [1.82, 2.24) is 0 Å². The van der Waals surface area contributed by atoms with E-state index >= 15 is 0 Å². The Morgan fingerprint density at radius 3 is 2.75 bits per heavy atom. The summed E-state index contributed by atoms with van der Waals surface area (Å²) in [7, 11) is 1.63. The third kappa shape index (κ3) is 1.82. The van der Waals surface area contributed by atoms with Crippen LogP contribution < -0.4 is 4.74 Å². The SMILES string of the molecule is COc1ccc2c(c1)CC(C)C(Br)(Br)C2=O. The number of methoxy groups -OCH3 is 1. The Morgan fingerprint density at radius 1 is 1.44 bits per heavy atom. The zero-order valence-corrected chi connectivity index (χ0v) is 12.3. The first-order valence-corrected chi connectivity index (χ1v) is 6.65. The Kier molecular flexibility index (Phi) is 3.14. The number of hydrogen-bond donors (Lipinski definition) is 0. The van der Waals surface area contributed by atoms with Crippen LogP contribution in [0.25, 0.3) is 0 Å². The van der Waals surface area contributed by atoms with Crippen LogP contribution in [-0.4, -0.2) is 16.1 Å². The van der Waals surface area contributed by atoms with Gasteiger partial charge >= 0.3 is 0 Å². The molecule has 86 valence electrons. The number of benzene rings is 1. The number of carbonyl (C=O) groups excluding carboxylic acids is 1. The molecule has 0 bridgehead atoms. The normalized spacial score (nSPS) is 22.8. The Labute approximate surface area is 112 Å². The van der Waals surface area contributed by atoms with E-state index in [9.17, 15) is 4.79 Å². The number of carbonyl (C=O) groups is 1. The summed E-state index contributed by atoms with van der Waals surface area (Å²) in [5.41, 5.74) is 1.83. The van der Waals surface area contributed by atoms with Crippen LogP contribution in [0.4, 0.5) is 0 Å². The maximum absolute atomic E-state index is 12.2. The summed E-state index contributed by atoms with van der Waals surface area (Å²) < 4.78 is 4.54. The van der Waals surface area contributed by atoms with Gasteiger partial charge in [-0.1, -0.05) is 38.8 Å². The molecule has 1 unspecified atom stereocenters. The fourth-order valence-corrected chi connectivity index (χ4v) is 2.70. The van der Waals surface area contributed by atoms with Gasteiger partial charge in [0.2, 0.25) is 0 Å². The van der Waals surface area contributed by atoms with E-state index in [0.29, 0.717) is 0 Å². The fraction of sp³-hybridized carbons (Fsp3) is 0.417. The van der Waals surface area contributed by atoms with E-state index in [2.05, 4.69) is 31.9 Å². The molecule has 2 nitrogen and oxygen atoms in total. The van der Waals surface area contributed by atoms with E-state index in [0.717, 1.165) is 23.3 Å². The molecule has 0 saturated heterocycles. The monoisotopic (exact) mass is 346 g/mol. The molecule has 2 rings (SSSR count). The molecular weight excluding hydrogens is 336 g/mol. The second-order valence-corrected chi connectivity index (χ2v) is 7.65. The highest BCUT2D eigenvalue weighted by atomic mass is 79.9. The molecule has 0 fully saturated rings. The summed E-state index contributed by atoms with van der Waals surface area (Å²) in [5.74, 6) is 1.10. The smallest absolute Gasteiger partial charge is 0.190 e. The average molecular weight is 348 g/mol. The first kappa shape index (κ1) is 12.1. The minimum atomic E-state index is -0.623. The number of halogens is 2. The number of hydrogen-bond acceptors (Lipinski definition) is 2. The molecule has 16 heavy (non-hydrogen) atoms. The molecule has 0 amide bonds. The summed E-state index contributed by atoms with van der Waals surface area (Å²) in [6.45, 7) is 2.05. The van der Waals surface area contributed by atoms with E-state index in [1.807, 2.05) is 25.1 Å². The van der Waals surface area contributed by atoms with Crippen molar-refractivity contribution >= 4 is 37.6 Å². The van der Waals surface area contributed by atoms with Gasteiger partial charge in [-0.25, -0.2) is 0 Å². The lowest BCUT2D eigenvalue weighted by atomic mass is 9.84. The first-order chi connectivity index (χ1) is 7.46. The highest BCUT2D eigenvalue weighted by Gasteiger charge is 2.43. The quantitative estimate of drug-likeness (QED) is 0.726. The van der Waals surface area contributed by atoms with Crippen molar-refractivity contribution in [2.45, 2.75) is 16.6 Å². The molecule has 0 aromatic heterocycles. The Morgan fingerprint density at radius 2 is 2.12 bits per heavy atom. The van der Waals surface area contributed by atoms with Crippen LogP contribution in [0.3, 0.4) is 0 Å². The predicted octanol–water partition coefficient (Wildman–Crippen LogP) is 3.56. The topological polar surface area (TPSA) is 26.3 Å². The Balaban J connectivity index is 2.51. The second-order valence-electron chi connectivity index (χ2n) is 4.08. The fourth-order valence-electron chi connectivity index (χ4n) is 1.95. The Hall–Kier alpha value is -0.350. The lowest BCUT2D eigenvalue weighted by Crippen LogP contribution is -2.38. The summed E-state index contributed by atoms with van der Waals surface area (Å²) in [4.78, 5) is 12.2. The van der Waals surface area contributed by atoms with Gasteiger partial charge in [-0.3, -0.25) is 4.79 Å². The van der Waals surface area contributed by atoms with Crippen LogP contribution in [0.15, 0.2) is 18.2 Å². The third-order valence-electron chi connectivity index (χ3n) is 3.00. The molecule has 0 spiro atoms. The van der Waals surface area contributed by atoms with Crippen LogP contribution in [0.1, 0.15) is 22.8 Å². The zero-order chi connectivity index (χ0) is 11.9. The van der Waals surface area contributed by atoms with Crippen molar-refractivity contribution in [3.05, 3.63) is 29.3 Å². The third-order valence-corrected chi connectivity index (χ3v) is 5.29. The number of Topliss-reactive ketones (excluding diaryl/α,β-unsaturated/α-hetero) is 1. The molecule has 1 aliphatic carbocycles. The summed E-state index contributed by atoms with van der Waals surface area (Å²) >= 11 is 6.93. The van der Waals surface area contributed by atoms with Crippen molar-refractivity contribution in [2.75, 3.05) is 7.11 Å². The largest absolute Gasteiger partial charge is 0.497 e. The molecule has 1 aromatic rings. The highest BCUT2D eigenvalue weighted by Crippen LogP contribution is 2.44.